The Hall–Kier alpha value is -1.82. The van der Waals surface area contributed by atoms with E-state index in [0.29, 0.717) is 17.6 Å². The minimum atomic E-state index is -4.11. The number of nitrogens with two attached hydrogens (primary N) is 1. The number of aromatic nitrogens is 4. The van der Waals surface area contributed by atoms with E-state index in [9.17, 15) is 9.46 Å². The van der Waals surface area contributed by atoms with Crippen molar-refractivity contribution in [3.8, 4) is 5.88 Å². The second-order valence-corrected chi connectivity index (χ2v) is 13.0. The second kappa shape index (κ2) is 21.0. The van der Waals surface area contributed by atoms with E-state index in [1.54, 1.807) is 10.9 Å². The first-order valence-electron chi connectivity index (χ1n) is 16.0. The lowest BCUT2D eigenvalue weighted by atomic mass is 10.0. The lowest BCUT2D eigenvalue weighted by Crippen LogP contribution is -2.27. The average Bonchev–Trinajstić information content (AvgIpc) is 3.37. The van der Waals surface area contributed by atoms with E-state index >= 15 is 0 Å². The highest BCUT2D eigenvalue weighted by Crippen LogP contribution is 2.44. The molecule has 2 rings (SSSR count). The fraction of sp³-hybridized carbons (Fsp3) is 0.833. The van der Waals surface area contributed by atoms with Crippen molar-refractivity contribution >= 4 is 24.7 Å². The molecular weight excluding hydrogens is 573 g/mol. The Morgan fingerprint density at radius 3 is 2.19 bits per heavy atom. The maximum Gasteiger partial charge on any atom is 0.355 e. The predicted octanol–water partition coefficient (Wildman–Crippen LogP) is 6.84. The normalized spacial score (nSPS) is 15.4. The summed E-state index contributed by atoms with van der Waals surface area (Å²) in [4.78, 5) is 23.1. The molecule has 0 aliphatic heterocycles. The van der Waals surface area contributed by atoms with Gasteiger partial charge in [-0.25, -0.2) is 4.98 Å². The van der Waals surface area contributed by atoms with Crippen LogP contribution >= 0.6 is 7.60 Å². The summed E-state index contributed by atoms with van der Waals surface area (Å²) in [6.45, 7) is 6.52. The van der Waals surface area contributed by atoms with Crippen LogP contribution in [0.1, 0.15) is 111 Å². The Kier molecular flexibility index (Phi) is 18.3. The second-order valence-electron chi connectivity index (χ2n) is 11.2. The number of ether oxygens (including phenoxy) is 4. The zero-order valence-corrected chi connectivity index (χ0v) is 27.9. The molecule has 0 aliphatic carbocycles. The first-order chi connectivity index (χ1) is 20.7. The van der Waals surface area contributed by atoms with Crippen LogP contribution in [-0.2, 0) is 29.8 Å². The SMILES string of the molecule is CCCCCCCCCCCCCCC(C)OC(CC)OP(=O)(O)CO[C@H](COC)Cn1cnc2c(OC)nc(N)nc21. The standard InChI is InChI=1S/C30H56N5O7P/c1-6-8-9-10-11-12-13-14-15-16-17-18-19-24(3)41-26(7-2)42-43(36,37)23-40-25(21-38-4)20-35-22-32-27-28(35)33-30(31)34-29(27)39-5/h22,24-26H,6-21,23H2,1-5H3,(H,36,37)(H2,31,33,34)/t24?,25-,26?/m0/s1. The largest absolute Gasteiger partial charge is 0.479 e. The Bertz CT molecular complexity index is 1070. The van der Waals surface area contributed by atoms with Gasteiger partial charge in [0.05, 0.1) is 38.8 Å². The van der Waals surface area contributed by atoms with Gasteiger partial charge in [-0.2, -0.15) is 9.97 Å². The Balaban J connectivity index is 1.71. The van der Waals surface area contributed by atoms with Gasteiger partial charge in [0, 0.05) is 7.11 Å². The topological polar surface area (TPSA) is 153 Å². The van der Waals surface area contributed by atoms with Gasteiger partial charge in [0.2, 0.25) is 11.8 Å². The summed E-state index contributed by atoms with van der Waals surface area (Å²) in [6, 6.07) is 0. The number of nitrogen functional groups attached to an aromatic ring is 1. The van der Waals surface area contributed by atoms with Gasteiger partial charge in [0.25, 0.3) is 0 Å². The van der Waals surface area contributed by atoms with E-state index in [4.69, 9.17) is 29.2 Å². The van der Waals surface area contributed by atoms with Crippen LogP contribution in [0.5, 0.6) is 5.88 Å². The molecule has 0 radical (unpaired) electrons. The van der Waals surface area contributed by atoms with Gasteiger partial charge in [-0.1, -0.05) is 90.9 Å². The molecule has 0 saturated carbocycles. The van der Waals surface area contributed by atoms with Crippen molar-refractivity contribution in [3.05, 3.63) is 6.33 Å². The number of unbranched alkanes of at least 4 members (excludes halogenated alkanes) is 11. The average molecular weight is 630 g/mol. The molecule has 0 spiro atoms. The van der Waals surface area contributed by atoms with Gasteiger partial charge in [-0.3, -0.25) is 9.09 Å². The van der Waals surface area contributed by atoms with Crippen molar-refractivity contribution in [3.63, 3.8) is 0 Å². The van der Waals surface area contributed by atoms with Crippen LogP contribution in [0.3, 0.4) is 0 Å². The summed E-state index contributed by atoms with van der Waals surface area (Å²) < 4.78 is 42.4. The van der Waals surface area contributed by atoms with Gasteiger partial charge in [-0.05, 0) is 19.8 Å². The highest BCUT2D eigenvalue weighted by Gasteiger charge is 2.28. The summed E-state index contributed by atoms with van der Waals surface area (Å²) in [5.41, 5.74) is 6.71. The molecule has 3 unspecified atom stereocenters. The smallest absolute Gasteiger partial charge is 0.355 e. The molecule has 0 fully saturated rings. The minimum absolute atomic E-state index is 0.0437. The summed E-state index contributed by atoms with van der Waals surface area (Å²) in [5.74, 6) is 0.305. The summed E-state index contributed by atoms with van der Waals surface area (Å²) in [6.07, 6.45) is 16.5. The number of rotatable bonds is 26. The predicted molar refractivity (Wildman–Crippen MR) is 169 cm³/mol. The third kappa shape index (κ3) is 14.7. The molecule has 0 amide bonds. The van der Waals surface area contributed by atoms with Gasteiger partial charge in [0.1, 0.15) is 6.35 Å². The molecule has 3 N–H and O–H groups in total. The van der Waals surface area contributed by atoms with Gasteiger partial charge in [0.15, 0.2) is 17.5 Å². The monoisotopic (exact) mass is 629 g/mol. The number of hydrogen-bond donors (Lipinski definition) is 2. The van der Waals surface area contributed by atoms with Crippen molar-refractivity contribution in [2.45, 2.75) is 136 Å². The van der Waals surface area contributed by atoms with Crippen molar-refractivity contribution in [2.24, 2.45) is 0 Å². The van der Waals surface area contributed by atoms with Crippen LogP contribution < -0.4 is 10.5 Å². The molecule has 43 heavy (non-hydrogen) atoms. The number of fused-ring (bicyclic) bond motifs is 1. The molecule has 0 saturated heterocycles. The highest BCUT2D eigenvalue weighted by molar-refractivity contribution is 7.52. The van der Waals surface area contributed by atoms with Crippen LogP contribution in [-0.4, -0.2) is 70.1 Å². The van der Waals surface area contributed by atoms with Crippen LogP contribution in [0.25, 0.3) is 11.2 Å². The molecule has 0 aromatic carbocycles. The lowest BCUT2D eigenvalue weighted by Gasteiger charge is -2.25. The van der Waals surface area contributed by atoms with Gasteiger partial charge in [-0.15, -0.1) is 0 Å². The van der Waals surface area contributed by atoms with E-state index in [1.807, 2.05) is 13.8 Å². The highest BCUT2D eigenvalue weighted by atomic mass is 31.2. The van der Waals surface area contributed by atoms with Gasteiger partial charge < -0.3 is 34.1 Å². The van der Waals surface area contributed by atoms with E-state index in [-0.39, 0.29) is 31.1 Å². The third-order valence-corrected chi connectivity index (χ3v) is 8.37. The van der Waals surface area contributed by atoms with Crippen molar-refractivity contribution in [1.29, 1.82) is 0 Å². The van der Waals surface area contributed by atoms with Crippen molar-refractivity contribution in [2.75, 3.05) is 32.9 Å². The van der Waals surface area contributed by atoms with E-state index in [2.05, 4.69) is 21.9 Å². The Morgan fingerprint density at radius 1 is 0.977 bits per heavy atom. The van der Waals surface area contributed by atoms with E-state index < -0.39 is 26.3 Å². The summed E-state index contributed by atoms with van der Waals surface area (Å²) >= 11 is 0. The number of anilines is 1. The van der Waals surface area contributed by atoms with Gasteiger partial charge >= 0.3 is 7.60 Å². The van der Waals surface area contributed by atoms with Crippen LogP contribution in [0, 0.1) is 0 Å². The summed E-state index contributed by atoms with van der Waals surface area (Å²) in [7, 11) is -1.11. The number of methoxy groups -OCH3 is 2. The fourth-order valence-electron chi connectivity index (χ4n) is 4.98. The molecule has 0 bridgehead atoms. The zero-order valence-electron chi connectivity index (χ0n) is 27.0. The van der Waals surface area contributed by atoms with E-state index in [0.717, 1.165) is 12.8 Å². The molecule has 0 aliphatic rings. The molecule has 2 aromatic heterocycles. The van der Waals surface area contributed by atoms with Crippen LogP contribution in [0.2, 0.25) is 0 Å². The van der Waals surface area contributed by atoms with Crippen molar-refractivity contribution in [1.82, 2.24) is 19.5 Å². The van der Waals surface area contributed by atoms with Crippen LogP contribution in [0.15, 0.2) is 6.33 Å². The molecule has 248 valence electrons. The molecule has 12 nitrogen and oxygen atoms in total. The summed E-state index contributed by atoms with van der Waals surface area (Å²) in [5, 5.41) is 0. The van der Waals surface area contributed by atoms with E-state index in [1.165, 1.54) is 84.8 Å². The maximum atomic E-state index is 12.9. The molecular formula is C30H56N5O7P. The Labute approximate surface area is 257 Å². The fourth-order valence-corrected chi connectivity index (χ4v) is 6.00. The maximum absolute atomic E-state index is 12.9. The lowest BCUT2D eigenvalue weighted by molar-refractivity contribution is -0.123. The number of hydrogen-bond acceptors (Lipinski definition) is 10. The van der Waals surface area contributed by atoms with Crippen LogP contribution in [0.4, 0.5) is 5.95 Å². The minimum Gasteiger partial charge on any atom is -0.479 e. The third-order valence-electron chi connectivity index (χ3n) is 7.33. The van der Waals surface area contributed by atoms with Crippen molar-refractivity contribution < 1.29 is 32.9 Å². The molecule has 2 aromatic rings. The zero-order chi connectivity index (χ0) is 31.5. The quantitative estimate of drug-likeness (QED) is 0.0639. The Morgan fingerprint density at radius 2 is 1.60 bits per heavy atom. The number of imidazole rings is 1. The molecule has 13 heteroatoms. The molecule has 4 atom stereocenters. The molecule has 2 heterocycles. The first-order valence-corrected chi connectivity index (χ1v) is 17.8. The number of nitrogens with zero attached hydrogens (tertiary/aromatic N) is 4. The first kappa shape index (κ1) is 37.4.